The van der Waals surface area contributed by atoms with Gasteiger partial charge in [0.15, 0.2) is 0 Å². The van der Waals surface area contributed by atoms with Gasteiger partial charge in [0, 0.05) is 19.9 Å². The number of aliphatic hydroxyl groups excluding tert-OH is 1. The van der Waals surface area contributed by atoms with E-state index in [0.29, 0.717) is 5.82 Å². The minimum absolute atomic E-state index is 0.0852. The summed E-state index contributed by atoms with van der Waals surface area (Å²) in [5.41, 5.74) is -0.617. The number of rotatable bonds is 4. The number of aromatic nitrogens is 2. The number of H-pyrrole nitrogens is 1. The van der Waals surface area contributed by atoms with Gasteiger partial charge in [-0.3, -0.25) is 9.59 Å². The summed E-state index contributed by atoms with van der Waals surface area (Å²) in [5, 5.41) is 21.7. The van der Waals surface area contributed by atoms with Gasteiger partial charge in [0.05, 0.1) is 18.3 Å². The van der Waals surface area contributed by atoms with Gasteiger partial charge in [-0.2, -0.15) is 0 Å². The van der Waals surface area contributed by atoms with Crippen molar-refractivity contribution in [3.05, 3.63) is 17.7 Å². The molecule has 3 atom stereocenters. The molecule has 0 saturated carbocycles. The van der Waals surface area contributed by atoms with Gasteiger partial charge in [0.2, 0.25) is 11.8 Å². The highest BCUT2D eigenvalue weighted by Crippen LogP contribution is 2.33. The molecular formula is C16H24N4O5. The predicted molar refractivity (Wildman–Crippen MR) is 87.7 cm³/mol. The summed E-state index contributed by atoms with van der Waals surface area (Å²) >= 11 is 0. The van der Waals surface area contributed by atoms with Crippen molar-refractivity contribution in [2.24, 2.45) is 5.41 Å². The third-order valence-electron chi connectivity index (χ3n) is 4.16. The molecule has 0 aliphatic carbocycles. The number of aliphatic hydroxyl groups is 1. The van der Waals surface area contributed by atoms with E-state index in [-0.39, 0.29) is 30.5 Å². The van der Waals surface area contributed by atoms with Gasteiger partial charge in [-0.15, -0.1) is 0 Å². The second-order valence-corrected chi connectivity index (χ2v) is 7.38. The first-order chi connectivity index (χ1) is 11.5. The van der Waals surface area contributed by atoms with Gasteiger partial charge in [-0.05, 0) is 5.41 Å². The van der Waals surface area contributed by atoms with Gasteiger partial charge < -0.3 is 25.4 Å². The van der Waals surface area contributed by atoms with Crippen molar-refractivity contribution in [1.29, 1.82) is 0 Å². The summed E-state index contributed by atoms with van der Waals surface area (Å²) in [7, 11) is 0. The number of nitrogens with one attached hydrogen (secondary N) is 2. The molecular weight excluding hydrogens is 328 g/mol. The lowest BCUT2D eigenvalue weighted by atomic mass is 9.85. The Morgan fingerprint density at radius 3 is 2.52 bits per heavy atom. The predicted octanol–water partition coefficient (Wildman–Crippen LogP) is 0.293. The molecule has 4 N–H and O–H groups in total. The fraction of sp³-hybridized carbons (Fsp3) is 0.625. The van der Waals surface area contributed by atoms with Gasteiger partial charge in [-0.25, -0.2) is 9.78 Å². The number of carbonyl (C=O) groups is 3. The number of aromatic carboxylic acids is 1. The molecule has 1 fully saturated rings. The fourth-order valence-corrected chi connectivity index (χ4v) is 2.95. The van der Waals surface area contributed by atoms with Crippen molar-refractivity contribution >= 4 is 17.8 Å². The minimum Gasteiger partial charge on any atom is -0.477 e. The quantitative estimate of drug-likeness (QED) is 0.615. The van der Waals surface area contributed by atoms with Crippen LogP contribution in [-0.2, 0) is 9.59 Å². The Morgan fingerprint density at radius 1 is 1.40 bits per heavy atom. The van der Waals surface area contributed by atoms with Crippen LogP contribution in [0.3, 0.4) is 0 Å². The SMILES string of the molecule is CC(=O)N[C@H](C(=O)N1C[C@H](O)C[C@H]1c1ncc(C(=O)O)[nH]1)C(C)(C)C. The first kappa shape index (κ1) is 18.9. The van der Waals surface area contributed by atoms with E-state index >= 15 is 0 Å². The minimum atomic E-state index is -1.15. The van der Waals surface area contributed by atoms with E-state index in [4.69, 9.17) is 5.11 Å². The number of imidazole rings is 1. The Morgan fingerprint density at radius 2 is 2.04 bits per heavy atom. The Kier molecular flexibility index (Phi) is 5.17. The average Bonchev–Trinajstić information content (AvgIpc) is 3.08. The molecule has 1 saturated heterocycles. The smallest absolute Gasteiger partial charge is 0.353 e. The normalized spacial score (nSPS) is 21.9. The third kappa shape index (κ3) is 4.16. The summed E-state index contributed by atoms with van der Waals surface area (Å²) in [4.78, 5) is 43.7. The molecule has 138 valence electrons. The molecule has 0 bridgehead atoms. The maximum absolute atomic E-state index is 13.0. The number of β-amino-alcohol motifs (C(OH)–C–C–N with tert-alkyl or cyclic N) is 1. The highest BCUT2D eigenvalue weighted by atomic mass is 16.4. The number of carboxylic acid groups (broad SMARTS) is 1. The van der Waals surface area contributed by atoms with Crippen LogP contribution < -0.4 is 5.32 Å². The standard InChI is InChI=1S/C16H24N4O5/c1-8(21)18-12(16(2,3)4)14(23)20-7-9(22)5-11(20)13-17-6-10(19-13)15(24)25/h6,9,11-12,22H,5,7H2,1-4H3,(H,17,19)(H,18,21)(H,24,25)/t9-,11+,12-/m1/s1. The highest BCUT2D eigenvalue weighted by Gasteiger charge is 2.43. The largest absolute Gasteiger partial charge is 0.477 e. The topological polar surface area (TPSA) is 136 Å². The summed E-state index contributed by atoms with van der Waals surface area (Å²) in [6.07, 6.45) is 0.681. The molecule has 1 aromatic heterocycles. The number of hydrogen-bond acceptors (Lipinski definition) is 5. The maximum atomic E-state index is 13.0. The third-order valence-corrected chi connectivity index (χ3v) is 4.16. The zero-order chi connectivity index (χ0) is 18.9. The van der Waals surface area contributed by atoms with Crippen molar-refractivity contribution in [3.63, 3.8) is 0 Å². The first-order valence-electron chi connectivity index (χ1n) is 8.04. The molecule has 0 aromatic carbocycles. The van der Waals surface area contributed by atoms with Crippen LogP contribution in [0.5, 0.6) is 0 Å². The fourth-order valence-electron chi connectivity index (χ4n) is 2.95. The van der Waals surface area contributed by atoms with Crippen LogP contribution in [0.2, 0.25) is 0 Å². The van der Waals surface area contributed by atoms with Crippen molar-refractivity contribution in [3.8, 4) is 0 Å². The number of hydrogen-bond donors (Lipinski definition) is 4. The summed E-state index contributed by atoms with van der Waals surface area (Å²) in [6, 6.07) is -1.35. The van der Waals surface area contributed by atoms with Crippen LogP contribution in [0.15, 0.2) is 6.20 Å². The lowest BCUT2D eigenvalue weighted by Gasteiger charge is -2.35. The van der Waals surface area contributed by atoms with E-state index in [1.807, 2.05) is 20.8 Å². The number of carbonyl (C=O) groups excluding carboxylic acids is 2. The molecule has 1 aliphatic rings. The van der Waals surface area contributed by atoms with Crippen LogP contribution >= 0.6 is 0 Å². The zero-order valence-electron chi connectivity index (χ0n) is 14.7. The van der Waals surface area contributed by atoms with Crippen LogP contribution in [-0.4, -0.2) is 61.6 Å². The van der Waals surface area contributed by atoms with Gasteiger partial charge in [0.25, 0.3) is 0 Å². The van der Waals surface area contributed by atoms with Crippen molar-refractivity contribution in [2.45, 2.75) is 52.3 Å². The number of aromatic amines is 1. The van der Waals surface area contributed by atoms with Crippen LogP contribution in [0, 0.1) is 5.41 Å². The molecule has 0 spiro atoms. The molecule has 1 aromatic rings. The van der Waals surface area contributed by atoms with E-state index in [1.165, 1.54) is 18.0 Å². The van der Waals surface area contributed by atoms with Crippen molar-refractivity contribution < 1.29 is 24.6 Å². The van der Waals surface area contributed by atoms with Crippen LogP contribution in [0.4, 0.5) is 0 Å². The molecule has 0 unspecified atom stereocenters. The number of amides is 2. The second kappa shape index (κ2) is 6.83. The van der Waals surface area contributed by atoms with Crippen molar-refractivity contribution in [1.82, 2.24) is 20.2 Å². The molecule has 9 heteroatoms. The highest BCUT2D eigenvalue weighted by molar-refractivity contribution is 5.88. The Bertz CT molecular complexity index is 678. The summed E-state index contributed by atoms with van der Waals surface area (Å²) < 4.78 is 0. The lowest BCUT2D eigenvalue weighted by molar-refractivity contribution is -0.140. The van der Waals surface area contributed by atoms with Crippen LogP contribution in [0.1, 0.15) is 56.5 Å². The summed E-state index contributed by atoms with van der Waals surface area (Å²) in [5.74, 6) is -1.51. The maximum Gasteiger partial charge on any atom is 0.353 e. The first-order valence-corrected chi connectivity index (χ1v) is 8.04. The monoisotopic (exact) mass is 352 g/mol. The van der Waals surface area contributed by atoms with Crippen molar-refractivity contribution in [2.75, 3.05) is 6.54 Å². The molecule has 2 amide bonds. The Balaban J connectivity index is 2.31. The number of nitrogens with zero attached hydrogens (tertiary/aromatic N) is 2. The van der Waals surface area contributed by atoms with Gasteiger partial charge >= 0.3 is 5.97 Å². The number of likely N-dealkylation sites (tertiary alicyclic amines) is 1. The lowest BCUT2D eigenvalue weighted by Crippen LogP contribution is -2.54. The molecule has 1 aliphatic heterocycles. The number of carboxylic acids is 1. The Hall–Kier alpha value is -2.42. The second-order valence-electron chi connectivity index (χ2n) is 7.38. The molecule has 2 heterocycles. The molecule has 9 nitrogen and oxygen atoms in total. The van der Waals surface area contributed by atoms with Gasteiger partial charge in [0.1, 0.15) is 17.6 Å². The molecule has 25 heavy (non-hydrogen) atoms. The van der Waals surface area contributed by atoms with Gasteiger partial charge in [-0.1, -0.05) is 20.8 Å². The van der Waals surface area contributed by atoms with E-state index in [1.54, 1.807) is 0 Å². The summed E-state index contributed by atoms with van der Waals surface area (Å²) in [6.45, 7) is 6.94. The average molecular weight is 352 g/mol. The van der Waals surface area contributed by atoms with Crippen LogP contribution in [0.25, 0.3) is 0 Å². The van der Waals surface area contributed by atoms with E-state index in [2.05, 4.69) is 15.3 Å². The molecule has 2 rings (SSSR count). The molecule has 0 radical (unpaired) electrons. The van der Waals surface area contributed by atoms with E-state index < -0.39 is 29.6 Å². The van der Waals surface area contributed by atoms with E-state index in [9.17, 15) is 19.5 Å². The van der Waals surface area contributed by atoms with E-state index in [0.717, 1.165) is 0 Å². The Labute approximate surface area is 145 Å². The zero-order valence-corrected chi connectivity index (χ0v) is 14.7.